The van der Waals surface area contributed by atoms with Gasteiger partial charge in [-0.15, -0.1) is 0 Å². The normalized spacial score (nSPS) is 14.7. The van der Waals surface area contributed by atoms with Crippen LogP contribution >= 0.6 is 11.8 Å². The lowest BCUT2D eigenvalue weighted by molar-refractivity contribution is -0.0328. The molecule has 0 bridgehead atoms. The van der Waals surface area contributed by atoms with Crippen LogP contribution < -0.4 is 5.32 Å². The van der Waals surface area contributed by atoms with Crippen LogP contribution in [0.15, 0.2) is 23.1 Å². The molecule has 9 heteroatoms. The maximum Gasteiger partial charge on any atom is 0.446 e. The number of benzene rings is 1. The van der Waals surface area contributed by atoms with E-state index in [0.717, 1.165) is 36.9 Å². The van der Waals surface area contributed by atoms with Crippen molar-refractivity contribution in [2.45, 2.75) is 75.1 Å². The summed E-state index contributed by atoms with van der Waals surface area (Å²) in [5.74, 6) is -0.300. The maximum absolute atomic E-state index is 12.8. The summed E-state index contributed by atoms with van der Waals surface area (Å²) in [6, 6.07) is 4.75. The molecule has 1 atom stereocenters. The van der Waals surface area contributed by atoms with Gasteiger partial charge in [-0.1, -0.05) is 33.6 Å². The number of halogens is 3. The number of rotatable bonds is 12. The van der Waals surface area contributed by atoms with Crippen molar-refractivity contribution in [2.24, 2.45) is 0 Å². The number of nitrogens with one attached hydrogen (secondary N) is 1. The van der Waals surface area contributed by atoms with Gasteiger partial charge in [0.05, 0.1) is 5.75 Å². The molecule has 1 rings (SSSR count). The average molecular weight is 442 g/mol. The average Bonchev–Trinajstić information content (AvgIpc) is 2.58. The summed E-state index contributed by atoms with van der Waals surface area (Å²) >= 11 is -0.113. The van der Waals surface area contributed by atoms with E-state index in [0.29, 0.717) is 19.4 Å². The predicted molar refractivity (Wildman–Crippen MR) is 110 cm³/mol. The van der Waals surface area contributed by atoms with E-state index in [1.807, 2.05) is 6.92 Å². The third kappa shape index (κ3) is 9.05. The quantitative estimate of drug-likeness (QED) is 0.228. The van der Waals surface area contributed by atoms with Crippen molar-refractivity contribution in [3.8, 4) is 0 Å². The Morgan fingerprint density at radius 3 is 2.36 bits per heavy atom. The smallest absolute Gasteiger partial charge is 0.385 e. The van der Waals surface area contributed by atoms with Crippen molar-refractivity contribution in [3.05, 3.63) is 23.8 Å². The molecule has 0 fully saturated rings. The standard InChI is InChI=1S/C19H30F3NO3S2/c1-4-6-11-18(3,5-2)16-14-15(27-19(20,21)22)9-10-17(16)23-12-7-8-13-28(24,25)26/h9-10,14,23H,4-8,11-13H2,1-3H3,(H,24,25,26). The predicted octanol–water partition coefficient (Wildman–Crippen LogP) is 6.24. The lowest BCUT2D eigenvalue weighted by atomic mass is 9.75. The van der Waals surface area contributed by atoms with E-state index in [2.05, 4.69) is 19.2 Å². The highest BCUT2D eigenvalue weighted by Crippen LogP contribution is 2.43. The van der Waals surface area contributed by atoms with Gasteiger partial charge < -0.3 is 5.32 Å². The van der Waals surface area contributed by atoms with Crippen molar-refractivity contribution >= 4 is 27.6 Å². The van der Waals surface area contributed by atoms with Crippen LogP contribution in [0.1, 0.15) is 64.9 Å². The molecule has 0 aliphatic rings. The van der Waals surface area contributed by atoms with Crippen LogP contribution in [0, 0.1) is 0 Å². The molecule has 28 heavy (non-hydrogen) atoms. The number of hydrogen-bond acceptors (Lipinski definition) is 4. The molecular formula is C19H30F3NO3S2. The van der Waals surface area contributed by atoms with Crippen LogP contribution in [0.3, 0.4) is 0 Å². The molecule has 0 aliphatic heterocycles. The van der Waals surface area contributed by atoms with E-state index < -0.39 is 15.6 Å². The molecule has 1 unspecified atom stereocenters. The van der Waals surface area contributed by atoms with Crippen molar-refractivity contribution in [2.75, 3.05) is 17.6 Å². The molecule has 2 N–H and O–H groups in total. The van der Waals surface area contributed by atoms with Gasteiger partial charge in [0.15, 0.2) is 0 Å². The Kier molecular flexibility index (Phi) is 9.62. The SMILES string of the molecule is CCCCC(C)(CC)c1cc(SC(F)(F)F)ccc1NCCCCS(=O)(=O)O. The Bertz CT molecular complexity index is 724. The summed E-state index contributed by atoms with van der Waals surface area (Å²) in [6.45, 7) is 6.67. The van der Waals surface area contributed by atoms with Crippen molar-refractivity contribution in [3.63, 3.8) is 0 Å². The molecule has 0 aromatic heterocycles. The second-order valence-electron chi connectivity index (χ2n) is 7.19. The minimum atomic E-state index is -4.34. The molecule has 1 aromatic carbocycles. The largest absolute Gasteiger partial charge is 0.446 e. The van der Waals surface area contributed by atoms with E-state index in [1.165, 1.54) is 6.07 Å². The van der Waals surface area contributed by atoms with E-state index in [9.17, 15) is 21.6 Å². The van der Waals surface area contributed by atoms with Crippen LogP contribution in [0.4, 0.5) is 18.9 Å². The Morgan fingerprint density at radius 2 is 1.82 bits per heavy atom. The molecule has 0 saturated heterocycles. The molecule has 1 aromatic rings. The Balaban J connectivity index is 3.03. The molecule has 162 valence electrons. The summed E-state index contributed by atoms with van der Waals surface area (Å²) < 4.78 is 68.8. The summed E-state index contributed by atoms with van der Waals surface area (Å²) in [7, 11) is -3.97. The molecule has 4 nitrogen and oxygen atoms in total. The fraction of sp³-hybridized carbons (Fsp3) is 0.684. The number of unbranched alkanes of at least 4 members (excludes halogenated alkanes) is 2. The minimum absolute atomic E-state index is 0.113. The first kappa shape index (κ1) is 25.1. The van der Waals surface area contributed by atoms with Crippen LogP contribution in [0.25, 0.3) is 0 Å². The lowest BCUT2D eigenvalue weighted by Crippen LogP contribution is -2.23. The second-order valence-corrected chi connectivity index (χ2v) is 9.90. The summed E-state index contributed by atoms with van der Waals surface area (Å²) in [6.07, 6.45) is 4.49. The Hall–Kier alpha value is -0.930. The van der Waals surface area contributed by atoms with Gasteiger partial charge in [-0.2, -0.15) is 21.6 Å². The van der Waals surface area contributed by atoms with E-state index in [-0.39, 0.29) is 27.8 Å². The van der Waals surface area contributed by atoms with Gasteiger partial charge in [-0.25, -0.2) is 0 Å². The second kappa shape index (κ2) is 10.7. The van der Waals surface area contributed by atoms with Crippen LogP contribution in [0.5, 0.6) is 0 Å². The summed E-state index contributed by atoms with van der Waals surface area (Å²) in [5.41, 5.74) is -2.96. The molecular weight excluding hydrogens is 411 g/mol. The first-order valence-corrected chi connectivity index (χ1v) is 11.9. The molecule has 0 amide bonds. The highest BCUT2D eigenvalue weighted by Gasteiger charge is 2.32. The fourth-order valence-electron chi connectivity index (χ4n) is 3.08. The lowest BCUT2D eigenvalue weighted by Gasteiger charge is -2.32. The first-order valence-electron chi connectivity index (χ1n) is 9.49. The van der Waals surface area contributed by atoms with Crippen LogP contribution in [-0.2, 0) is 15.5 Å². The van der Waals surface area contributed by atoms with Crippen molar-refractivity contribution in [1.29, 1.82) is 0 Å². The van der Waals surface area contributed by atoms with E-state index in [1.54, 1.807) is 12.1 Å². The van der Waals surface area contributed by atoms with Gasteiger partial charge in [0, 0.05) is 17.1 Å². The molecule has 0 heterocycles. The Morgan fingerprint density at radius 1 is 1.14 bits per heavy atom. The minimum Gasteiger partial charge on any atom is -0.385 e. The summed E-state index contributed by atoms with van der Waals surface area (Å²) in [5, 5.41) is 3.24. The van der Waals surface area contributed by atoms with Crippen molar-refractivity contribution in [1.82, 2.24) is 0 Å². The zero-order valence-corrected chi connectivity index (χ0v) is 18.2. The van der Waals surface area contributed by atoms with Gasteiger partial charge in [0.2, 0.25) is 0 Å². The Labute approximate surface area is 170 Å². The molecule has 0 aliphatic carbocycles. The molecule has 0 saturated carbocycles. The van der Waals surface area contributed by atoms with Gasteiger partial charge in [-0.3, -0.25) is 4.55 Å². The highest BCUT2D eigenvalue weighted by atomic mass is 32.2. The van der Waals surface area contributed by atoms with Gasteiger partial charge in [-0.05, 0) is 66.6 Å². The summed E-state index contributed by atoms with van der Waals surface area (Å²) in [4.78, 5) is 0.163. The van der Waals surface area contributed by atoms with Crippen molar-refractivity contribution < 1.29 is 26.1 Å². The van der Waals surface area contributed by atoms with Crippen LogP contribution in [-0.4, -0.2) is 30.8 Å². The number of anilines is 1. The third-order valence-corrected chi connectivity index (χ3v) is 6.41. The third-order valence-electron chi connectivity index (χ3n) is 4.88. The van der Waals surface area contributed by atoms with Gasteiger partial charge in [0.25, 0.3) is 10.1 Å². The monoisotopic (exact) mass is 441 g/mol. The number of alkyl halides is 3. The van der Waals surface area contributed by atoms with Gasteiger partial charge >= 0.3 is 5.51 Å². The topological polar surface area (TPSA) is 66.4 Å². The number of hydrogen-bond donors (Lipinski definition) is 2. The molecule has 0 radical (unpaired) electrons. The first-order chi connectivity index (χ1) is 12.9. The van der Waals surface area contributed by atoms with E-state index >= 15 is 0 Å². The zero-order valence-electron chi connectivity index (χ0n) is 16.6. The van der Waals surface area contributed by atoms with E-state index in [4.69, 9.17) is 4.55 Å². The highest BCUT2D eigenvalue weighted by molar-refractivity contribution is 8.00. The van der Waals surface area contributed by atoms with Crippen LogP contribution in [0.2, 0.25) is 0 Å². The van der Waals surface area contributed by atoms with Gasteiger partial charge in [0.1, 0.15) is 0 Å². The fourth-order valence-corrected chi connectivity index (χ4v) is 4.22. The molecule has 0 spiro atoms. The maximum atomic E-state index is 12.8. The number of thioether (sulfide) groups is 1. The zero-order chi connectivity index (χ0) is 21.4.